The number of ether oxygens (including phenoxy) is 1. The van der Waals surface area contributed by atoms with E-state index < -0.39 is 0 Å². The normalized spacial score (nSPS) is 10.5. The number of rotatable bonds is 3. The second-order valence-corrected chi connectivity index (χ2v) is 5.26. The molecule has 2 aromatic carbocycles. The van der Waals surface area contributed by atoms with Gasteiger partial charge in [0.1, 0.15) is 16.5 Å². The highest BCUT2D eigenvalue weighted by Crippen LogP contribution is 2.35. The fraction of sp³-hybridized carbons (Fsp3) is 0. The van der Waals surface area contributed by atoms with Crippen molar-refractivity contribution >= 4 is 39.7 Å². The Kier molecular flexibility index (Phi) is 3.73. The van der Waals surface area contributed by atoms with Crippen molar-refractivity contribution in [1.29, 1.82) is 0 Å². The molecule has 104 valence electrons. The molecule has 0 unspecified atom stereocenters. The Labute approximate surface area is 132 Å². The van der Waals surface area contributed by atoms with E-state index in [1.165, 1.54) is 0 Å². The highest BCUT2D eigenvalue weighted by molar-refractivity contribution is 7.80. The molecule has 0 fully saturated rings. The van der Waals surface area contributed by atoms with Gasteiger partial charge in [0.25, 0.3) is 0 Å². The van der Waals surface area contributed by atoms with E-state index in [1.54, 1.807) is 18.3 Å². The largest absolute Gasteiger partial charge is 0.454 e. The topological polar surface area (TPSA) is 48.1 Å². The first-order chi connectivity index (χ1) is 10.2. The van der Waals surface area contributed by atoms with Crippen LogP contribution in [-0.4, -0.2) is 9.97 Å². The summed E-state index contributed by atoms with van der Waals surface area (Å²) in [5.74, 6) is 1.12. The van der Waals surface area contributed by atoms with Crippen LogP contribution in [-0.2, 0) is 0 Å². The third-order valence-corrected chi connectivity index (χ3v) is 3.57. The third kappa shape index (κ3) is 2.68. The molecule has 0 spiro atoms. The van der Waals surface area contributed by atoms with E-state index >= 15 is 0 Å². The SMILES string of the molecule is NC(=S)c1cnc2ccccc2c1Oc1ccccc1Cl. The van der Waals surface area contributed by atoms with E-state index in [0.29, 0.717) is 22.1 Å². The van der Waals surface area contributed by atoms with Gasteiger partial charge >= 0.3 is 0 Å². The number of para-hydroxylation sites is 2. The molecule has 5 heteroatoms. The van der Waals surface area contributed by atoms with Gasteiger partial charge in [0.2, 0.25) is 0 Å². The number of thiocarbonyl (C=S) groups is 1. The number of halogens is 1. The molecule has 0 saturated carbocycles. The first kappa shape index (κ1) is 13.8. The Morgan fingerprint density at radius 2 is 1.81 bits per heavy atom. The Morgan fingerprint density at radius 3 is 2.57 bits per heavy atom. The minimum absolute atomic E-state index is 0.232. The first-order valence-electron chi connectivity index (χ1n) is 6.27. The van der Waals surface area contributed by atoms with Crippen molar-refractivity contribution < 1.29 is 4.74 Å². The van der Waals surface area contributed by atoms with Crippen molar-refractivity contribution in [3.8, 4) is 11.5 Å². The zero-order valence-corrected chi connectivity index (χ0v) is 12.5. The van der Waals surface area contributed by atoms with Gasteiger partial charge in [-0.25, -0.2) is 0 Å². The van der Waals surface area contributed by atoms with E-state index in [-0.39, 0.29) is 4.99 Å². The van der Waals surface area contributed by atoms with Crippen molar-refractivity contribution in [2.24, 2.45) is 5.73 Å². The minimum Gasteiger partial charge on any atom is -0.454 e. The van der Waals surface area contributed by atoms with Crippen LogP contribution in [0.15, 0.2) is 54.7 Å². The van der Waals surface area contributed by atoms with Crippen molar-refractivity contribution in [1.82, 2.24) is 4.98 Å². The Bertz CT molecular complexity index is 835. The number of pyridine rings is 1. The van der Waals surface area contributed by atoms with Crippen LogP contribution in [0.1, 0.15) is 5.56 Å². The molecular formula is C16H11ClN2OS. The lowest BCUT2D eigenvalue weighted by molar-refractivity contribution is 0.487. The van der Waals surface area contributed by atoms with E-state index in [0.717, 1.165) is 10.9 Å². The van der Waals surface area contributed by atoms with E-state index in [2.05, 4.69) is 4.98 Å². The summed E-state index contributed by atoms with van der Waals surface area (Å²) in [6, 6.07) is 14.9. The molecule has 0 aliphatic heterocycles. The zero-order chi connectivity index (χ0) is 14.8. The molecule has 3 aromatic rings. The predicted molar refractivity (Wildman–Crippen MR) is 89.2 cm³/mol. The number of hydrogen-bond acceptors (Lipinski definition) is 3. The molecule has 0 aliphatic carbocycles. The lowest BCUT2D eigenvalue weighted by Gasteiger charge is -2.13. The van der Waals surface area contributed by atoms with Gasteiger partial charge in [-0.3, -0.25) is 4.98 Å². The standard InChI is InChI=1S/C16H11ClN2OS/c17-12-6-2-4-8-14(12)20-15-10-5-1-3-7-13(10)19-9-11(15)16(18)21/h1-9H,(H2,18,21). The Hall–Kier alpha value is -2.17. The average Bonchev–Trinajstić information content (AvgIpc) is 2.49. The average molecular weight is 315 g/mol. The van der Waals surface area contributed by atoms with Gasteiger partial charge in [-0.1, -0.05) is 48.1 Å². The monoisotopic (exact) mass is 314 g/mol. The van der Waals surface area contributed by atoms with E-state index in [1.807, 2.05) is 36.4 Å². The van der Waals surface area contributed by atoms with Gasteiger partial charge in [0.15, 0.2) is 0 Å². The second kappa shape index (κ2) is 5.68. The van der Waals surface area contributed by atoms with Crippen LogP contribution in [0.5, 0.6) is 11.5 Å². The van der Waals surface area contributed by atoms with Crippen LogP contribution < -0.4 is 10.5 Å². The summed E-state index contributed by atoms with van der Waals surface area (Å²) in [5.41, 5.74) is 7.17. The summed E-state index contributed by atoms with van der Waals surface area (Å²) >= 11 is 11.2. The summed E-state index contributed by atoms with van der Waals surface area (Å²) in [6.45, 7) is 0. The fourth-order valence-electron chi connectivity index (χ4n) is 2.04. The smallest absolute Gasteiger partial charge is 0.148 e. The van der Waals surface area contributed by atoms with Gasteiger partial charge in [-0.15, -0.1) is 0 Å². The molecule has 0 atom stereocenters. The molecule has 1 aromatic heterocycles. The molecule has 0 saturated heterocycles. The van der Waals surface area contributed by atoms with Crippen LogP contribution in [0.2, 0.25) is 5.02 Å². The maximum absolute atomic E-state index is 6.15. The number of hydrogen-bond donors (Lipinski definition) is 1. The number of nitrogens with zero attached hydrogens (tertiary/aromatic N) is 1. The highest BCUT2D eigenvalue weighted by Gasteiger charge is 2.14. The van der Waals surface area contributed by atoms with Gasteiger partial charge in [-0.05, 0) is 24.3 Å². The maximum Gasteiger partial charge on any atom is 0.148 e. The van der Waals surface area contributed by atoms with Crippen molar-refractivity contribution in [2.45, 2.75) is 0 Å². The van der Waals surface area contributed by atoms with Crippen molar-refractivity contribution in [3.63, 3.8) is 0 Å². The molecule has 0 aliphatic rings. The molecule has 3 rings (SSSR count). The highest BCUT2D eigenvalue weighted by atomic mass is 35.5. The number of aromatic nitrogens is 1. The predicted octanol–water partition coefficient (Wildman–Crippen LogP) is 4.31. The van der Waals surface area contributed by atoms with Gasteiger partial charge in [0.05, 0.1) is 16.1 Å². The third-order valence-electron chi connectivity index (χ3n) is 3.04. The number of benzene rings is 2. The van der Waals surface area contributed by atoms with Gasteiger partial charge < -0.3 is 10.5 Å². The molecule has 0 amide bonds. The van der Waals surface area contributed by atoms with Gasteiger partial charge in [0, 0.05) is 11.6 Å². The Balaban J connectivity index is 2.21. The summed E-state index contributed by atoms with van der Waals surface area (Å²) in [5, 5.41) is 1.36. The van der Waals surface area contributed by atoms with E-state index in [9.17, 15) is 0 Å². The number of fused-ring (bicyclic) bond motifs is 1. The van der Waals surface area contributed by atoms with Crippen LogP contribution in [0, 0.1) is 0 Å². The molecule has 0 radical (unpaired) electrons. The van der Waals surface area contributed by atoms with E-state index in [4.69, 9.17) is 34.3 Å². The minimum atomic E-state index is 0.232. The van der Waals surface area contributed by atoms with Crippen LogP contribution in [0.3, 0.4) is 0 Å². The molecular weight excluding hydrogens is 304 g/mol. The van der Waals surface area contributed by atoms with Crippen LogP contribution in [0.25, 0.3) is 10.9 Å². The number of nitrogens with two attached hydrogens (primary N) is 1. The zero-order valence-electron chi connectivity index (χ0n) is 10.9. The van der Waals surface area contributed by atoms with Crippen LogP contribution in [0.4, 0.5) is 0 Å². The lowest BCUT2D eigenvalue weighted by Crippen LogP contribution is -2.11. The first-order valence-corrected chi connectivity index (χ1v) is 7.05. The molecule has 2 N–H and O–H groups in total. The summed E-state index contributed by atoms with van der Waals surface area (Å²) in [7, 11) is 0. The molecule has 0 bridgehead atoms. The quantitative estimate of drug-likeness (QED) is 0.732. The molecule has 3 nitrogen and oxygen atoms in total. The van der Waals surface area contributed by atoms with Crippen molar-refractivity contribution in [3.05, 3.63) is 65.3 Å². The molecule has 21 heavy (non-hydrogen) atoms. The molecule has 1 heterocycles. The van der Waals surface area contributed by atoms with Crippen molar-refractivity contribution in [2.75, 3.05) is 0 Å². The summed E-state index contributed by atoms with van der Waals surface area (Å²) in [4.78, 5) is 4.58. The Morgan fingerprint density at radius 1 is 1.10 bits per heavy atom. The van der Waals surface area contributed by atoms with Crippen LogP contribution >= 0.6 is 23.8 Å². The fourth-order valence-corrected chi connectivity index (χ4v) is 2.36. The second-order valence-electron chi connectivity index (χ2n) is 4.41. The maximum atomic E-state index is 6.15. The lowest BCUT2D eigenvalue weighted by atomic mass is 10.1. The van der Waals surface area contributed by atoms with Gasteiger partial charge in [-0.2, -0.15) is 0 Å². The summed E-state index contributed by atoms with van der Waals surface area (Å²) < 4.78 is 5.98. The summed E-state index contributed by atoms with van der Waals surface area (Å²) in [6.07, 6.45) is 1.62.